The Morgan fingerprint density at radius 2 is 2.20 bits per heavy atom. The zero-order chi connectivity index (χ0) is 17.2. The van der Waals surface area contributed by atoms with Crippen molar-refractivity contribution in [1.82, 2.24) is 19.9 Å². The fourth-order valence-corrected chi connectivity index (χ4v) is 3.42. The SMILES string of the molecule is C=C(Nc1cc2cc(-c3cncn3C)ccc2cn1)C1CCCNC1. The van der Waals surface area contributed by atoms with Crippen molar-refractivity contribution in [2.75, 3.05) is 18.4 Å². The minimum absolute atomic E-state index is 0.465. The fraction of sp³-hybridized carbons (Fsp3) is 0.300. The van der Waals surface area contributed by atoms with E-state index < -0.39 is 0 Å². The highest BCUT2D eigenvalue weighted by molar-refractivity contribution is 5.88. The van der Waals surface area contributed by atoms with E-state index in [2.05, 4.69) is 51.4 Å². The van der Waals surface area contributed by atoms with E-state index in [1.54, 1.807) is 0 Å². The first-order valence-corrected chi connectivity index (χ1v) is 8.74. The number of pyridine rings is 1. The molecule has 3 aromatic rings. The molecule has 2 N–H and O–H groups in total. The van der Waals surface area contributed by atoms with Crippen molar-refractivity contribution < 1.29 is 0 Å². The number of aromatic nitrogens is 3. The molecule has 4 rings (SSSR count). The number of fused-ring (bicyclic) bond motifs is 1. The van der Waals surface area contributed by atoms with Crippen LogP contribution in [0.1, 0.15) is 12.8 Å². The molecule has 128 valence electrons. The van der Waals surface area contributed by atoms with Gasteiger partial charge in [0.15, 0.2) is 0 Å². The van der Waals surface area contributed by atoms with Crippen LogP contribution >= 0.6 is 0 Å². The minimum atomic E-state index is 0.465. The number of nitrogens with zero attached hydrogens (tertiary/aromatic N) is 3. The maximum Gasteiger partial charge on any atom is 0.130 e. The quantitative estimate of drug-likeness (QED) is 0.766. The molecule has 5 nitrogen and oxygen atoms in total. The van der Waals surface area contributed by atoms with Gasteiger partial charge in [0.05, 0.1) is 18.2 Å². The number of hydrogen-bond acceptors (Lipinski definition) is 4. The van der Waals surface area contributed by atoms with E-state index in [-0.39, 0.29) is 0 Å². The predicted molar refractivity (Wildman–Crippen MR) is 102 cm³/mol. The molecule has 0 aliphatic carbocycles. The van der Waals surface area contributed by atoms with Crippen LogP contribution in [0.3, 0.4) is 0 Å². The number of piperidine rings is 1. The first-order chi connectivity index (χ1) is 12.2. The Balaban J connectivity index is 1.60. The van der Waals surface area contributed by atoms with Crippen LogP contribution in [0, 0.1) is 5.92 Å². The van der Waals surface area contributed by atoms with E-state index in [0.717, 1.165) is 46.6 Å². The van der Waals surface area contributed by atoms with Crippen molar-refractivity contribution >= 4 is 16.6 Å². The van der Waals surface area contributed by atoms with Crippen LogP contribution in [-0.4, -0.2) is 27.6 Å². The average molecular weight is 333 g/mol. The minimum Gasteiger partial charge on any atom is -0.344 e. The van der Waals surface area contributed by atoms with Gasteiger partial charge in [-0.25, -0.2) is 9.97 Å². The molecule has 0 bridgehead atoms. The Kier molecular flexibility index (Phi) is 4.24. The van der Waals surface area contributed by atoms with Gasteiger partial charge in [0.1, 0.15) is 5.82 Å². The van der Waals surface area contributed by atoms with Gasteiger partial charge in [0, 0.05) is 42.4 Å². The monoisotopic (exact) mass is 333 g/mol. The Morgan fingerprint density at radius 3 is 2.96 bits per heavy atom. The van der Waals surface area contributed by atoms with Crippen LogP contribution in [0.4, 0.5) is 5.82 Å². The average Bonchev–Trinajstić information content (AvgIpc) is 3.08. The molecule has 1 aliphatic heterocycles. The zero-order valence-corrected chi connectivity index (χ0v) is 14.5. The van der Waals surface area contributed by atoms with Crippen LogP contribution in [0.5, 0.6) is 0 Å². The molecule has 1 unspecified atom stereocenters. The van der Waals surface area contributed by atoms with E-state index in [9.17, 15) is 0 Å². The van der Waals surface area contributed by atoms with Crippen molar-refractivity contribution in [2.24, 2.45) is 13.0 Å². The molecule has 0 radical (unpaired) electrons. The normalized spacial score (nSPS) is 17.6. The van der Waals surface area contributed by atoms with Crippen molar-refractivity contribution in [1.29, 1.82) is 0 Å². The molecule has 1 saturated heterocycles. The lowest BCUT2D eigenvalue weighted by Crippen LogP contribution is -2.32. The highest BCUT2D eigenvalue weighted by atomic mass is 15.0. The van der Waals surface area contributed by atoms with E-state index in [1.807, 2.05) is 30.3 Å². The lowest BCUT2D eigenvalue weighted by atomic mass is 9.97. The largest absolute Gasteiger partial charge is 0.344 e. The molecule has 1 fully saturated rings. The standard InChI is InChI=1S/C20H23N5/c1-14(16-4-3-7-21-10-16)24-20-9-18-8-15(5-6-17(18)11-23-20)19-12-22-13-25(19)2/h5-6,8-9,11-13,16,21H,1,3-4,7,10H2,2H3,(H,23,24). The second-order valence-electron chi connectivity index (χ2n) is 6.71. The van der Waals surface area contributed by atoms with E-state index >= 15 is 0 Å². The third-order valence-electron chi connectivity index (χ3n) is 4.91. The Hall–Kier alpha value is -2.66. The van der Waals surface area contributed by atoms with Gasteiger partial charge in [-0.3, -0.25) is 0 Å². The van der Waals surface area contributed by atoms with Gasteiger partial charge < -0.3 is 15.2 Å². The maximum atomic E-state index is 4.54. The summed E-state index contributed by atoms with van der Waals surface area (Å²) in [5.41, 5.74) is 3.30. The van der Waals surface area contributed by atoms with Gasteiger partial charge in [0.2, 0.25) is 0 Å². The highest BCUT2D eigenvalue weighted by Gasteiger charge is 2.16. The van der Waals surface area contributed by atoms with Crippen molar-refractivity contribution in [3.8, 4) is 11.3 Å². The van der Waals surface area contributed by atoms with Gasteiger partial charge in [0.25, 0.3) is 0 Å². The molecular weight excluding hydrogens is 310 g/mol. The van der Waals surface area contributed by atoms with Gasteiger partial charge in [-0.2, -0.15) is 0 Å². The van der Waals surface area contributed by atoms with E-state index in [1.165, 1.54) is 12.8 Å². The number of hydrogen-bond donors (Lipinski definition) is 2. The Labute approximate surface area is 147 Å². The molecule has 0 amide bonds. The Bertz CT molecular complexity index is 905. The molecule has 1 aromatic carbocycles. The third-order valence-corrected chi connectivity index (χ3v) is 4.91. The van der Waals surface area contributed by atoms with Crippen LogP contribution in [-0.2, 0) is 7.05 Å². The van der Waals surface area contributed by atoms with Crippen molar-refractivity contribution in [2.45, 2.75) is 12.8 Å². The molecule has 0 spiro atoms. The lowest BCUT2D eigenvalue weighted by molar-refractivity contribution is 0.424. The van der Waals surface area contributed by atoms with E-state index in [4.69, 9.17) is 0 Å². The summed E-state index contributed by atoms with van der Waals surface area (Å²) in [5.74, 6) is 1.32. The fourth-order valence-electron chi connectivity index (χ4n) is 3.42. The first kappa shape index (κ1) is 15.8. The molecular formula is C20H23N5. The van der Waals surface area contributed by atoms with Crippen molar-refractivity contribution in [3.05, 3.63) is 55.3 Å². The molecule has 5 heteroatoms. The molecule has 25 heavy (non-hydrogen) atoms. The molecule has 0 saturated carbocycles. The summed E-state index contributed by atoms with van der Waals surface area (Å²) in [7, 11) is 2.01. The zero-order valence-electron chi connectivity index (χ0n) is 14.5. The van der Waals surface area contributed by atoms with Crippen LogP contribution < -0.4 is 10.6 Å². The summed E-state index contributed by atoms with van der Waals surface area (Å²) in [4.78, 5) is 8.75. The molecule has 1 aliphatic rings. The van der Waals surface area contributed by atoms with Gasteiger partial charge in [-0.15, -0.1) is 0 Å². The summed E-state index contributed by atoms with van der Waals surface area (Å²) >= 11 is 0. The summed E-state index contributed by atoms with van der Waals surface area (Å²) < 4.78 is 2.03. The molecule has 1 atom stereocenters. The Morgan fingerprint density at radius 1 is 1.28 bits per heavy atom. The number of nitrogens with one attached hydrogen (secondary N) is 2. The number of rotatable bonds is 4. The highest BCUT2D eigenvalue weighted by Crippen LogP contribution is 2.26. The number of benzene rings is 1. The van der Waals surface area contributed by atoms with Crippen LogP contribution in [0.15, 0.2) is 55.3 Å². The van der Waals surface area contributed by atoms with Gasteiger partial charge in [-0.05, 0) is 36.9 Å². The van der Waals surface area contributed by atoms with Crippen LogP contribution in [0.2, 0.25) is 0 Å². The lowest BCUT2D eigenvalue weighted by Gasteiger charge is -2.25. The van der Waals surface area contributed by atoms with Crippen LogP contribution in [0.25, 0.3) is 22.0 Å². The summed E-state index contributed by atoms with van der Waals surface area (Å²) in [5, 5.41) is 9.12. The predicted octanol–water partition coefficient (Wildman–Crippen LogP) is 3.56. The number of imidazole rings is 1. The topological polar surface area (TPSA) is 54.8 Å². The first-order valence-electron chi connectivity index (χ1n) is 8.74. The molecule has 3 heterocycles. The summed E-state index contributed by atoms with van der Waals surface area (Å²) in [6, 6.07) is 8.50. The van der Waals surface area contributed by atoms with Gasteiger partial charge in [-0.1, -0.05) is 18.7 Å². The second-order valence-corrected chi connectivity index (χ2v) is 6.71. The smallest absolute Gasteiger partial charge is 0.130 e. The molecule has 2 aromatic heterocycles. The second kappa shape index (κ2) is 6.69. The van der Waals surface area contributed by atoms with E-state index in [0.29, 0.717) is 5.92 Å². The third kappa shape index (κ3) is 3.28. The number of aryl methyl sites for hydroxylation is 1. The number of anilines is 1. The van der Waals surface area contributed by atoms with Crippen molar-refractivity contribution in [3.63, 3.8) is 0 Å². The van der Waals surface area contributed by atoms with Gasteiger partial charge >= 0.3 is 0 Å². The summed E-state index contributed by atoms with van der Waals surface area (Å²) in [6.07, 6.45) is 8.00. The summed E-state index contributed by atoms with van der Waals surface area (Å²) in [6.45, 7) is 6.32. The maximum absolute atomic E-state index is 4.54.